The summed E-state index contributed by atoms with van der Waals surface area (Å²) < 4.78 is 5.29. The summed E-state index contributed by atoms with van der Waals surface area (Å²) in [4.78, 5) is 4.20. The van der Waals surface area contributed by atoms with Gasteiger partial charge in [0.05, 0.1) is 6.54 Å². The van der Waals surface area contributed by atoms with E-state index in [4.69, 9.17) is 4.74 Å². The van der Waals surface area contributed by atoms with Gasteiger partial charge in [-0.3, -0.25) is 5.43 Å². The minimum Gasteiger partial charge on any atom is -0.462 e. The number of hydrogen-bond acceptors (Lipinski definition) is 4. The van der Waals surface area contributed by atoms with Crippen molar-refractivity contribution in [2.75, 3.05) is 26.2 Å². The van der Waals surface area contributed by atoms with Crippen molar-refractivity contribution in [3.63, 3.8) is 0 Å². The van der Waals surface area contributed by atoms with Gasteiger partial charge >= 0.3 is 0 Å². The maximum atomic E-state index is 5.29. The van der Waals surface area contributed by atoms with Crippen LogP contribution in [0.2, 0.25) is 0 Å². The largest absolute Gasteiger partial charge is 0.462 e. The van der Waals surface area contributed by atoms with Gasteiger partial charge in [0.15, 0.2) is 0 Å². The van der Waals surface area contributed by atoms with E-state index in [1.807, 2.05) is 0 Å². The molecule has 4 nitrogen and oxygen atoms in total. The molecule has 0 saturated carbocycles. The molecular formula is C9H17N3O. The van der Waals surface area contributed by atoms with Gasteiger partial charge in [-0.1, -0.05) is 12.8 Å². The third kappa shape index (κ3) is 2.59. The smallest absolute Gasteiger partial charge is 0.299 e. The van der Waals surface area contributed by atoms with Gasteiger partial charge in [0.25, 0.3) is 6.02 Å². The number of amidine groups is 1. The first-order valence-corrected chi connectivity index (χ1v) is 5.14. The van der Waals surface area contributed by atoms with Crippen molar-refractivity contribution in [1.82, 2.24) is 10.4 Å². The predicted octanol–water partition coefficient (Wildman–Crippen LogP) is 0.753. The minimum atomic E-state index is 0.710. The zero-order valence-electron chi connectivity index (χ0n) is 7.96. The Hall–Kier alpha value is -0.770. The summed E-state index contributed by atoms with van der Waals surface area (Å²) in [5.74, 6) is 0. The zero-order valence-corrected chi connectivity index (χ0v) is 7.96. The highest BCUT2D eigenvalue weighted by atomic mass is 16.5. The highest BCUT2D eigenvalue weighted by Crippen LogP contribution is 2.07. The van der Waals surface area contributed by atoms with Crippen LogP contribution in [0.3, 0.4) is 0 Å². The number of nitrogens with zero attached hydrogens (tertiary/aromatic N) is 2. The van der Waals surface area contributed by atoms with Crippen LogP contribution >= 0.6 is 0 Å². The van der Waals surface area contributed by atoms with Gasteiger partial charge in [-0.15, -0.1) is 0 Å². The fourth-order valence-electron chi connectivity index (χ4n) is 1.72. The number of nitrogens with one attached hydrogen (secondary N) is 1. The first-order valence-electron chi connectivity index (χ1n) is 5.14. The molecule has 0 aromatic rings. The van der Waals surface area contributed by atoms with E-state index in [9.17, 15) is 0 Å². The molecule has 2 aliphatic rings. The van der Waals surface area contributed by atoms with Gasteiger partial charge in [0, 0.05) is 13.1 Å². The molecule has 1 fully saturated rings. The highest BCUT2D eigenvalue weighted by molar-refractivity contribution is 5.74. The summed E-state index contributed by atoms with van der Waals surface area (Å²) in [6.45, 7) is 3.76. The molecule has 2 heterocycles. The molecule has 0 spiro atoms. The van der Waals surface area contributed by atoms with Gasteiger partial charge in [-0.25, -0.2) is 10.0 Å². The van der Waals surface area contributed by atoms with Crippen molar-refractivity contribution in [3.8, 4) is 0 Å². The molecule has 74 valence electrons. The summed E-state index contributed by atoms with van der Waals surface area (Å²) in [6.07, 6.45) is 5.26. The number of aliphatic imine (C=N–C) groups is 1. The quantitative estimate of drug-likeness (QED) is 0.652. The summed E-state index contributed by atoms with van der Waals surface area (Å²) in [5.41, 5.74) is 3.22. The van der Waals surface area contributed by atoms with E-state index in [-0.39, 0.29) is 0 Å². The Bertz CT molecular complexity index is 185. The molecule has 0 bridgehead atoms. The van der Waals surface area contributed by atoms with Crippen LogP contribution in [-0.4, -0.2) is 37.3 Å². The lowest BCUT2D eigenvalue weighted by molar-refractivity contribution is 0.209. The molecule has 0 aromatic heterocycles. The molecule has 1 N–H and O–H groups in total. The predicted molar refractivity (Wildman–Crippen MR) is 51.4 cm³/mol. The SMILES string of the molecule is C1CCCN(NC2=NCCO2)CC1. The maximum absolute atomic E-state index is 5.29. The number of ether oxygens (including phenoxy) is 1. The van der Waals surface area contributed by atoms with Crippen molar-refractivity contribution in [2.45, 2.75) is 25.7 Å². The Morgan fingerprint density at radius 2 is 1.92 bits per heavy atom. The number of hydrogen-bond donors (Lipinski definition) is 1. The van der Waals surface area contributed by atoms with E-state index in [0.29, 0.717) is 6.02 Å². The molecule has 0 radical (unpaired) electrons. The van der Waals surface area contributed by atoms with Crippen molar-refractivity contribution in [2.24, 2.45) is 4.99 Å². The van der Waals surface area contributed by atoms with E-state index in [0.717, 1.165) is 26.2 Å². The molecule has 13 heavy (non-hydrogen) atoms. The van der Waals surface area contributed by atoms with Crippen molar-refractivity contribution < 1.29 is 4.74 Å². The average molecular weight is 183 g/mol. The lowest BCUT2D eigenvalue weighted by Crippen LogP contribution is -2.42. The van der Waals surface area contributed by atoms with E-state index in [2.05, 4.69) is 15.4 Å². The van der Waals surface area contributed by atoms with Gasteiger partial charge in [-0.2, -0.15) is 0 Å². The first-order chi connectivity index (χ1) is 6.45. The van der Waals surface area contributed by atoms with Gasteiger partial charge < -0.3 is 4.74 Å². The van der Waals surface area contributed by atoms with Gasteiger partial charge in [-0.05, 0) is 12.8 Å². The molecule has 2 aliphatic heterocycles. The molecular weight excluding hydrogens is 166 g/mol. The molecule has 0 atom stereocenters. The number of hydrazine groups is 1. The van der Waals surface area contributed by atoms with Crippen molar-refractivity contribution in [1.29, 1.82) is 0 Å². The molecule has 4 heteroatoms. The molecule has 0 unspecified atom stereocenters. The zero-order chi connectivity index (χ0) is 8.93. The minimum absolute atomic E-state index is 0.710. The van der Waals surface area contributed by atoms with Crippen LogP contribution in [0, 0.1) is 0 Å². The summed E-state index contributed by atoms with van der Waals surface area (Å²) in [5, 5.41) is 2.22. The van der Waals surface area contributed by atoms with Crippen LogP contribution in [0.15, 0.2) is 4.99 Å². The third-order valence-electron chi connectivity index (χ3n) is 2.45. The molecule has 0 aliphatic carbocycles. The fraction of sp³-hybridized carbons (Fsp3) is 0.889. The van der Waals surface area contributed by atoms with Crippen LogP contribution in [0.25, 0.3) is 0 Å². The third-order valence-corrected chi connectivity index (χ3v) is 2.45. The van der Waals surface area contributed by atoms with Crippen LogP contribution in [-0.2, 0) is 4.74 Å². The first kappa shape index (κ1) is 8.81. The van der Waals surface area contributed by atoms with Crippen molar-refractivity contribution >= 4 is 6.02 Å². The normalized spacial score (nSPS) is 24.8. The van der Waals surface area contributed by atoms with E-state index >= 15 is 0 Å². The molecule has 0 amide bonds. The second-order valence-corrected chi connectivity index (χ2v) is 3.55. The Labute approximate surface area is 78.9 Å². The Morgan fingerprint density at radius 1 is 1.15 bits per heavy atom. The monoisotopic (exact) mass is 183 g/mol. The highest BCUT2D eigenvalue weighted by Gasteiger charge is 2.13. The Kier molecular flexibility index (Phi) is 3.02. The number of rotatable bonds is 1. The molecule has 0 aromatic carbocycles. The standard InChI is InChI=1S/C9H17N3O/c1-2-4-7-12(6-3-1)11-9-10-5-8-13-9/h1-8H2,(H,10,11). The average Bonchev–Trinajstić information content (AvgIpc) is 2.49. The van der Waals surface area contributed by atoms with Crippen molar-refractivity contribution in [3.05, 3.63) is 0 Å². The summed E-state index contributed by atoms with van der Waals surface area (Å²) in [7, 11) is 0. The second kappa shape index (κ2) is 4.46. The lowest BCUT2D eigenvalue weighted by atomic mass is 10.2. The van der Waals surface area contributed by atoms with E-state index < -0.39 is 0 Å². The van der Waals surface area contributed by atoms with Crippen LogP contribution in [0.4, 0.5) is 0 Å². The van der Waals surface area contributed by atoms with Crippen LogP contribution in [0.5, 0.6) is 0 Å². The van der Waals surface area contributed by atoms with Gasteiger partial charge in [0.2, 0.25) is 0 Å². The summed E-state index contributed by atoms with van der Waals surface area (Å²) >= 11 is 0. The maximum Gasteiger partial charge on any atom is 0.299 e. The van der Waals surface area contributed by atoms with E-state index in [1.165, 1.54) is 25.7 Å². The topological polar surface area (TPSA) is 36.9 Å². The van der Waals surface area contributed by atoms with Gasteiger partial charge in [0.1, 0.15) is 6.61 Å². The molecule has 1 saturated heterocycles. The Morgan fingerprint density at radius 3 is 2.54 bits per heavy atom. The van der Waals surface area contributed by atoms with E-state index in [1.54, 1.807) is 0 Å². The van der Waals surface area contributed by atoms with Crippen LogP contribution in [0.1, 0.15) is 25.7 Å². The second-order valence-electron chi connectivity index (χ2n) is 3.55. The molecule has 2 rings (SSSR count). The lowest BCUT2D eigenvalue weighted by Gasteiger charge is -2.20. The summed E-state index contributed by atoms with van der Waals surface area (Å²) in [6, 6.07) is 0.710. The van der Waals surface area contributed by atoms with Crippen LogP contribution < -0.4 is 5.43 Å². The Balaban J connectivity index is 1.78. The fourth-order valence-corrected chi connectivity index (χ4v) is 1.72.